The van der Waals surface area contributed by atoms with Gasteiger partial charge in [-0.2, -0.15) is 0 Å². The van der Waals surface area contributed by atoms with Crippen molar-refractivity contribution in [2.45, 2.75) is 17.8 Å². The van der Waals surface area contributed by atoms with Gasteiger partial charge < -0.3 is 4.98 Å². The number of thiophene rings is 1. The SMILES string of the molecule is Cc1ccccc1-n1cnnc1SCc1nc2ccsc2c(=O)[nH]1. The quantitative estimate of drug-likeness (QED) is 0.569. The molecule has 0 saturated heterocycles. The van der Waals surface area contributed by atoms with Crippen LogP contribution in [0, 0.1) is 6.92 Å². The summed E-state index contributed by atoms with van der Waals surface area (Å²) in [6, 6.07) is 9.92. The molecule has 0 atom stereocenters. The lowest BCUT2D eigenvalue weighted by Crippen LogP contribution is -2.09. The molecule has 1 N–H and O–H groups in total. The molecule has 0 aliphatic rings. The van der Waals surface area contributed by atoms with E-state index in [0.29, 0.717) is 16.3 Å². The van der Waals surface area contributed by atoms with Crippen LogP contribution < -0.4 is 5.56 Å². The molecule has 0 bridgehead atoms. The lowest BCUT2D eigenvalue weighted by molar-refractivity contribution is 0.875. The number of hydrogen-bond acceptors (Lipinski definition) is 6. The fourth-order valence-electron chi connectivity index (χ4n) is 2.44. The summed E-state index contributed by atoms with van der Waals surface area (Å²) in [5, 5.41) is 10.8. The Morgan fingerprint density at radius 1 is 1.29 bits per heavy atom. The van der Waals surface area contributed by atoms with Crippen LogP contribution in [-0.4, -0.2) is 24.7 Å². The molecular formula is C16H13N5OS2. The van der Waals surface area contributed by atoms with Gasteiger partial charge in [0.2, 0.25) is 0 Å². The highest BCUT2D eigenvalue weighted by Crippen LogP contribution is 2.24. The van der Waals surface area contributed by atoms with Crippen LogP contribution >= 0.6 is 23.1 Å². The number of fused-ring (bicyclic) bond motifs is 1. The fraction of sp³-hybridized carbons (Fsp3) is 0.125. The number of aromatic amines is 1. The molecule has 1 aromatic carbocycles. The molecule has 6 nitrogen and oxygen atoms in total. The van der Waals surface area contributed by atoms with E-state index in [1.807, 2.05) is 47.2 Å². The second-order valence-corrected chi connectivity index (χ2v) is 7.06. The summed E-state index contributed by atoms with van der Waals surface area (Å²) >= 11 is 2.89. The largest absolute Gasteiger partial charge is 0.309 e. The second kappa shape index (κ2) is 6.21. The van der Waals surface area contributed by atoms with Crippen molar-refractivity contribution in [2.24, 2.45) is 0 Å². The Morgan fingerprint density at radius 2 is 2.17 bits per heavy atom. The maximum atomic E-state index is 12.0. The minimum absolute atomic E-state index is 0.0917. The molecule has 0 unspecified atom stereocenters. The van der Waals surface area contributed by atoms with Gasteiger partial charge in [-0.05, 0) is 30.0 Å². The summed E-state index contributed by atoms with van der Waals surface area (Å²) in [6.45, 7) is 2.05. The van der Waals surface area contributed by atoms with Crippen LogP contribution in [0.15, 0.2) is 52.0 Å². The molecule has 0 radical (unpaired) electrons. The van der Waals surface area contributed by atoms with Gasteiger partial charge in [0.25, 0.3) is 5.56 Å². The van der Waals surface area contributed by atoms with Crippen molar-refractivity contribution in [3.8, 4) is 5.69 Å². The van der Waals surface area contributed by atoms with Crippen molar-refractivity contribution in [1.82, 2.24) is 24.7 Å². The Labute approximate surface area is 145 Å². The minimum Gasteiger partial charge on any atom is -0.309 e. The van der Waals surface area contributed by atoms with Gasteiger partial charge in [0.05, 0.1) is 17.0 Å². The number of nitrogens with zero attached hydrogens (tertiary/aromatic N) is 4. The molecule has 3 heterocycles. The minimum atomic E-state index is -0.0917. The van der Waals surface area contributed by atoms with Crippen molar-refractivity contribution in [2.75, 3.05) is 0 Å². The number of benzene rings is 1. The number of rotatable bonds is 4. The number of thioether (sulfide) groups is 1. The van der Waals surface area contributed by atoms with Gasteiger partial charge >= 0.3 is 0 Å². The molecule has 3 aromatic heterocycles. The Morgan fingerprint density at radius 3 is 3.04 bits per heavy atom. The summed E-state index contributed by atoms with van der Waals surface area (Å²) in [5.41, 5.74) is 2.83. The summed E-state index contributed by atoms with van der Waals surface area (Å²) in [4.78, 5) is 19.4. The van der Waals surface area contributed by atoms with Gasteiger partial charge in [-0.15, -0.1) is 21.5 Å². The molecule has 24 heavy (non-hydrogen) atoms. The maximum absolute atomic E-state index is 12.0. The van der Waals surface area contributed by atoms with E-state index in [2.05, 4.69) is 20.2 Å². The highest BCUT2D eigenvalue weighted by Gasteiger charge is 2.11. The van der Waals surface area contributed by atoms with Gasteiger partial charge in [0.15, 0.2) is 5.16 Å². The smallest absolute Gasteiger partial charge is 0.268 e. The Bertz CT molecular complexity index is 1070. The number of H-pyrrole nitrogens is 1. The third kappa shape index (κ3) is 2.74. The average Bonchev–Trinajstić information content (AvgIpc) is 3.22. The fourth-order valence-corrected chi connectivity index (χ4v) is 3.96. The van der Waals surface area contributed by atoms with E-state index >= 15 is 0 Å². The predicted molar refractivity (Wildman–Crippen MR) is 95.9 cm³/mol. The summed E-state index contributed by atoms with van der Waals surface area (Å²) in [6.07, 6.45) is 1.70. The molecule has 0 amide bonds. The third-order valence-electron chi connectivity index (χ3n) is 3.59. The first-order chi connectivity index (χ1) is 11.7. The van der Waals surface area contributed by atoms with Gasteiger partial charge in [-0.1, -0.05) is 30.0 Å². The highest BCUT2D eigenvalue weighted by atomic mass is 32.2. The molecule has 0 spiro atoms. The van der Waals surface area contributed by atoms with E-state index in [-0.39, 0.29) is 5.56 Å². The number of aromatic nitrogens is 5. The molecule has 4 aromatic rings. The summed E-state index contributed by atoms with van der Waals surface area (Å²) in [7, 11) is 0. The van der Waals surface area contributed by atoms with E-state index in [4.69, 9.17) is 0 Å². The van der Waals surface area contributed by atoms with E-state index in [0.717, 1.165) is 21.9 Å². The zero-order valence-corrected chi connectivity index (χ0v) is 14.4. The van der Waals surface area contributed by atoms with Crippen molar-refractivity contribution >= 4 is 33.3 Å². The molecule has 120 valence electrons. The predicted octanol–water partition coefficient (Wildman–Crippen LogP) is 3.17. The normalized spacial score (nSPS) is 11.2. The van der Waals surface area contributed by atoms with E-state index < -0.39 is 0 Å². The first kappa shape index (κ1) is 15.1. The zero-order valence-electron chi connectivity index (χ0n) is 12.8. The first-order valence-electron chi connectivity index (χ1n) is 7.27. The summed E-state index contributed by atoms with van der Waals surface area (Å²) in [5.74, 6) is 1.15. The molecular weight excluding hydrogens is 342 g/mol. The Kier molecular flexibility index (Phi) is 3.91. The molecule has 4 rings (SSSR count). The molecule has 0 saturated carbocycles. The van der Waals surface area contributed by atoms with Gasteiger partial charge in [0, 0.05) is 0 Å². The van der Waals surface area contributed by atoms with Crippen molar-refractivity contribution < 1.29 is 0 Å². The van der Waals surface area contributed by atoms with Crippen LogP contribution in [0.25, 0.3) is 15.9 Å². The number of nitrogens with one attached hydrogen (secondary N) is 1. The highest BCUT2D eigenvalue weighted by molar-refractivity contribution is 7.98. The topological polar surface area (TPSA) is 76.5 Å². The van der Waals surface area contributed by atoms with Crippen LogP contribution in [0.3, 0.4) is 0 Å². The molecule has 0 fully saturated rings. The standard InChI is InChI=1S/C16H13N5OS2/c1-10-4-2-3-5-12(10)21-9-17-20-16(21)24-8-13-18-11-6-7-23-14(11)15(22)19-13/h2-7,9H,8H2,1H3,(H,18,19,22). The van der Waals surface area contributed by atoms with Gasteiger partial charge in [-0.3, -0.25) is 9.36 Å². The first-order valence-corrected chi connectivity index (χ1v) is 9.14. The Hall–Kier alpha value is -2.45. The van der Waals surface area contributed by atoms with Gasteiger partial charge in [0.1, 0.15) is 16.9 Å². The van der Waals surface area contributed by atoms with Crippen molar-refractivity contribution in [3.05, 3.63) is 63.8 Å². The lowest BCUT2D eigenvalue weighted by Gasteiger charge is -2.08. The lowest BCUT2D eigenvalue weighted by atomic mass is 10.2. The zero-order chi connectivity index (χ0) is 16.5. The number of para-hydroxylation sites is 1. The van der Waals surface area contributed by atoms with Crippen LogP contribution in [-0.2, 0) is 5.75 Å². The van der Waals surface area contributed by atoms with Gasteiger partial charge in [-0.25, -0.2) is 4.98 Å². The number of hydrogen-bond donors (Lipinski definition) is 1. The molecule has 0 aliphatic carbocycles. The molecule has 8 heteroatoms. The van der Waals surface area contributed by atoms with Crippen LogP contribution in [0.2, 0.25) is 0 Å². The van der Waals surface area contributed by atoms with E-state index in [1.165, 1.54) is 23.1 Å². The van der Waals surface area contributed by atoms with Crippen molar-refractivity contribution in [3.63, 3.8) is 0 Å². The number of aryl methyl sites for hydroxylation is 1. The monoisotopic (exact) mass is 355 g/mol. The van der Waals surface area contributed by atoms with Crippen LogP contribution in [0.5, 0.6) is 0 Å². The average molecular weight is 355 g/mol. The Balaban J connectivity index is 1.61. The molecule has 0 aliphatic heterocycles. The summed E-state index contributed by atoms with van der Waals surface area (Å²) < 4.78 is 2.60. The third-order valence-corrected chi connectivity index (χ3v) is 5.45. The van der Waals surface area contributed by atoms with E-state index in [9.17, 15) is 4.79 Å². The van der Waals surface area contributed by atoms with Crippen molar-refractivity contribution in [1.29, 1.82) is 0 Å². The van der Waals surface area contributed by atoms with Crippen LogP contribution in [0.1, 0.15) is 11.4 Å². The maximum Gasteiger partial charge on any atom is 0.268 e. The second-order valence-electron chi connectivity index (χ2n) is 5.21. The van der Waals surface area contributed by atoms with Crippen LogP contribution in [0.4, 0.5) is 0 Å². The van der Waals surface area contributed by atoms with E-state index in [1.54, 1.807) is 6.33 Å².